The molecule has 6 nitrogen and oxygen atoms in total. The molecule has 0 bridgehead atoms. The van der Waals surface area contributed by atoms with E-state index in [2.05, 4.69) is 36.6 Å². The summed E-state index contributed by atoms with van der Waals surface area (Å²) >= 11 is 9.60. The van der Waals surface area contributed by atoms with Crippen LogP contribution in [0.4, 0.5) is 17.3 Å². The van der Waals surface area contributed by atoms with Crippen molar-refractivity contribution in [2.45, 2.75) is 6.92 Å². The number of nitrogen functional groups attached to an aromatic ring is 1. The number of nitrogens with two attached hydrogens (primary N) is 1. The number of hydrogen-bond acceptors (Lipinski definition) is 6. The van der Waals surface area contributed by atoms with E-state index in [0.29, 0.717) is 22.4 Å². The number of nitrogens with zero attached hydrogens (tertiary/aromatic N) is 2. The lowest BCUT2D eigenvalue weighted by Crippen LogP contribution is -2.11. The monoisotopic (exact) mass is 357 g/mol. The van der Waals surface area contributed by atoms with Gasteiger partial charge in [0.05, 0.1) is 12.8 Å². The summed E-state index contributed by atoms with van der Waals surface area (Å²) in [6.07, 6.45) is 1.38. The summed E-state index contributed by atoms with van der Waals surface area (Å²) in [4.78, 5) is 8.11. The fourth-order valence-corrected chi connectivity index (χ4v) is 2.35. The first-order valence-electron chi connectivity index (χ1n) is 5.65. The van der Waals surface area contributed by atoms with Gasteiger partial charge in [-0.3, -0.25) is 0 Å². The molecular formula is C12H13BrClN5O. The van der Waals surface area contributed by atoms with Gasteiger partial charge in [0.1, 0.15) is 6.33 Å². The molecule has 8 heteroatoms. The third-order valence-corrected chi connectivity index (χ3v) is 3.71. The second-order valence-corrected chi connectivity index (χ2v) is 5.22. The van der Waals surface area contributed by atoms with Gasteiger partial charge in [0.25, 0.3) is 0 Å². The van der Waals surface area contributed by atoms with E-state index in [4.69, 9.17) is 22.2 Å². The number of aromatic nitrogens is 2. The Bertz CT molecular complexity index is 637. The molecule has 0 aliphatic carbocycles. The van der Waals surface area contributed by atoms with Crippen molar-refractivity contribution in [1.82, 2.24) is 9.97 Å². The minimum absolute atomic E-state index is 0.388. The van der Waals surface area contributed by atoms with Crippen molar-refractivity contribution < 1.29 is 4.74 Å². The van der Waals surface area contributed by atoms with Crippen LogP contribution in [0.3, 0.4) is 0 Å². The van der Waals surface area contributed by atoms with Crippen molar-refractivity contribution in [1.29, 1.82) is 0 Å². The Hall–Kier alpha value is -1.57. The fraction of sp³-hybridized carbons (Fsp3) is 0.167. The van der Waals surface area contributed by atoms with Gasteiger partial charge in [0.15, 0.2) is 11.6 Å². The molecule has 0 aliphatic rings. The average Bonchev–Trinajstić information content (AvgIpc) is 2.44. The van der Waals surface area contributed by atoms with Gasteiger partial charge in [0.2, 0.25) is 5.75 Å². The number of nitrogens with one attached hydrogen (secondary N) is 2. The Kier molecular flexibility index (Phi) is 4.64. The van der Waals surface area contributed by atoms with Crippen LogP contribution >= 0.6 is 27.5 Å². The van der Waals surface area contributed by atoms with Gasteiger partial charge < -0.3 is 15.5 Å². The Labute approximate surface area is 129 Å². The Balaban J connectivity index is 2.42. The van der Waals surface area contributed by atoms with Gasteiger partial charge in [-0.1, -0.05) is 11.6 Å². The van der Waals surface area contributed by atoms with Crippen LogP contribution < -0.4 is 21.3 Å². The van der Waals surface area contributed by atoms with E-state index >= 15 is 0 Å². The van der Waals surface area contributed by atoms with E-state index in [1.54, 1.807) is 6.07 Å². The molecule has 1 aromatic heterocycles. The van der Waals surface area contributed by atoms with Crippen molar-refractivity contribution in [2.75, 3.05) is 17.9 Å². The fourth-order valence-electron chi connectivity index (χ4n) is 1.63. The lowest BCUT2D eigenvalue weighted by molar-refractivity contribution is 0.415. The molecule has 4 N–H and O–H groups in total. The van der Waals surface area contributed by atoms with Crippen molar-refractivity contribution >= 4 is 44.9 Å². The molecule has 0 amide bonds. The highest BCUT2D eigenvalue weighted by atomic mass is 79.9. The Morgan fingerprint density at radius 2 is 2.00 bits per heavy atom. The number of hydrazine groups is 1. The number of aryl methyl sites for hydroxylation is 1. The summed E-state index contributed by atoms with van der Waals surface area (Å²) in [5.74, 6) is 6.67. The van der Waals surface area contributed by atoms with E-state index < -0.39 is 0 Å². The highest BCUT2D eigenvalue weighted by Crippen LogP contribution is 2.35. The maximum atomic E-state index is 6.13. The normalized spacial score (nSPS) is 10.2. The number of benzene rings is 1. The molecule has 2 rings (SSSR count). The second kappa shape index (κ2) is 6.25. The highest BCUT2D eigenvalue weighted by molar-refractivity contribution is 9.10. The van der Waals surface area contributed by atoms with Crippen LogP contribution in [-0.2, 0) is 0 Å². The molecule has 1 aromatic carbocycles. The minimum Gasteiger partial charge on any atom is -0.490 e. The van der Waals surface area contributed by atoms with Crippen LogP contribution in [0.5, 0.6) is 5.75 Å². The molecule has 2 aromatic rings. The van der Waals surface area contributed by atoms with Crippen LogP contribution in [0.2, 0.25) is 5.02 Å². The van der Waals surface area contributed by atoms with Crippen molar-refractivity contribution in [3.05, 3.63) is 33.5 Å². The molecular weight excluding hydrogens is 346 g/mol. The minimum atomic E-state index is 0.388. The first kappa shape index (κ1) is 14.8. The largest absolute Gasteiger partial charge is 0.490 e. The summed E-state index contributed by atoms with van der Waals surface area (Å²) in [5, 5.41) is 3.79. The number of anilines is 3. The van der Waals surface area contributed by atoms with Gasteiger partial charge in [-0.25, -0.2) is 15.8 Å². The number of ether oxygens (including phenoxy) is 1. The molecule has 0 aliphatic heterocycles. The second-order valence-electron chi connectivity index (χ2n) is 3.95. The average molecular weight is 359 g/mol. The van der Waals surface area contributed by atoms with Gasteiger partial charge in [-0.2, -0.15) is 0 Å². The lowest BCUT2D eigenvalue weighted by Gasteiger charge is -2.14. The van der Waals surface area contributed by atoms with E-state index in [1.165, 1.54) is 13.4 Å². The maximum Gasteiger partial charge on any atom is 0.205 e. The zero-order chi connectivity index (χ0) is 14.7. The van der Waals surface area contributed by atoms with E-state index in [0.717, 1.165) is 15.7 Å². The van der Waals surface area contributed by atoms with Gasteiger partial charge in [0, 0.05) is 9.50 Å². The standard InChI is InChI=1S/C12H13BrClN5O/c1-6-3-7(13)9(4-8(6)14)18-11-10(20-2)12(19-15)17-5-16-11/h3-5H,15H2,1-2H3,(H2,16,17,18,19). The number of rotatable bonds is 4. The Morgan fingerprint density at radius 1 is 1.30 bits per heavy atom. The summed E-state index contributed by atoms with van der Waals surface area (Å²) in [5.41, 5.74) is 4.19. The maximum absolute atomic E-state index is 6.13. The lowest BCUT2D eigenvalue weighted by atomic mass is 10.2. The van der Waals surface area contributed by atoms with Crippen LogP contribution in [0.15, 0.2) is 22.9 Å². The molecule has 0 spiro atoms. The van der Waals surface area contributed by atoms with Crippen molar-refractivity contribution in [3.8, 4) is 5.75 Å². The van der Waals surface area contributed by atoms with Crippen LogP contribution in [0.1, 0.15) is 5.56 Å². The third-order valence-electron chi connectivity index (χ3n) is 2.65. The summed E-state index contributed by atoms with van der Waals surface area (Å²) in [6.45, 7) is 1.93. The van der Waals surface area contributed by atoms with Crippen LogP contribution in [0.25, 0.3) is 0 Å². The van der Waals surface area contributed by atoms with E-state index in [-0.39, 0.29) is 0 Å². The van der Waals surface area contributed by atoms with E-state index in [1.807, 2.05) is 13.0 Å². The molecule has 1 heterocycles. The highest BCUT2D eigenvalue weighted by Gasteiger charge is 2.13. The SMILES string of the molecule is COc1c(NN)ncnc1Nc1cc(Cl)c(C)cc1Br. The molecule has 0 fully saturated rings. The quantitative estimate of drug-likeness (QED) is 0.575. The topological polar surface area (TPSA) is 85.1 Å². The van der Waals surface area contributed by atoms with Gasteiger partial charge >= 0.3 is 0 Å². The molecule has 0 atom stereocenters. The predicted octanol–water partition coefficient (Wildman–Crippen LogP) is 3.24. The number of methoxy groups -OCH3 is 1. The zero-order valence-electron chi connectivity index (χ0n) is 10.9. The third kappa shape index (κ3) is 2.95. The van der Waals surface area contributed by atoms with Crippen molar-refractivity contribution in [3.63, 3.8) is 0 Å². The first-order valence-corrected chi connectivity index (χ1v) is 6.82. The summed E-state index contributed by atoms with van der Waals surface area (Å²) in [6, 6.07) is 3.72. The van der Waals surface area contributed by atoms with E-state index in [9.17, 15) is 0 Å². The number of halogens is 2. The first-order chi connectivity index (χ1) is 9.56. The smallest absolute Gasteiger partial charge is 0.205 e. The molecule has 106 valence electrons. The predicted molar refractivity (Wildman–Crippen MR) is 83.6 cm³/mol. The summed E-state index contributed by atoms with van der Waals surface area (Å²) < 4.78 is 6.12. The van der Waals surface area contributed by atoms with Crippen LogP contribution in [-0.4, -0.2) is 17.1 Å². The molecule has 0 unspecified atom stereocenters. The van der Waals surface area contributed by atoms with Gasteiger partial charge in [-0.05, 0) is 40.5 Å². The Morgan fingerprint density at radius 3 is 2.65 bits per heavy atom. The molecule has 20 heavy (non-hydrogen) atoms. The van der Waals surface area contributed by atoms with Crippen LogP contribution in [0, 0.1) is 6.92 Å². The summed E-state index contributed by atoms with van der Waals surface area (Å²) in [7, 11) is 1.52. The van der Waals surface area contributed by atoms with Gasteiger partial charge in [-0.15, -0.1) is 0 Å². The van der Waals surface area contributed by atoms with Crippen molar-refractivity contribution in [2.24, 2.45) is 5.84 Å². The molecule has 0 saturated heterocycles. The molecule has 0 radical (unpaired) electrons. The zero-order valence-corrected chi connectivity index (χ0v) is 13.2. The number of hydrogen-bond donors (Lipinski definition) is 3. The molecule has 0 saturated carbocycles.